The zero-order valence-corrected chi connectivity index (χ0v) is 11.6. The second-order valence-corrected chi connectivity index (χ2v) is 4.88. The van der Waals surface area contributed by atoms with Crippen LogP contribution in [0.25, 0.3) is 0 Å². The van der Waals surface area contributed by atoms with E-state index in [0.717, 1.165) is 16.7 Å². The molecule has 2 rings (SSSR count). The number of hydrogen-bond acceptors (Lipinski definition) is 6. The van der Waals surface area contributed by atoms with Crippen LogP contribution >= 0.6 is 24.0 Å². The van der Waals surface area contributed by atoms with Gasteiger partial charge in [0.25, 0.3) is 5.56 Å². The first-order valence-corrected chi connectivity index (χ1v) is 6.58. The molecule has 0 saturated heterocycles. The van der Waals surface area contributed by atoms with Gasteiger partial charge in [-0.1, -0.05) is 0 Å². The van der Waals surface area contributed by atoms with E-state index in [1.165, 1.54) is 6.21 Å². The number of aliphatic imine (C=N–C) groups is 1. The SMILES string of the molecule is N#CSc1ccc(N=Cc2c(O)[nH]c(=S)[nH]c2=O)cc1. The quantitative estimate of drug-likeness (QED) is 0.349. The predicted molar refractivity (Wildman–Crippen MR) is 79.1 cm³/mol. The molecule has 0 spiro atoms. The molecule has 0 saturated carbocycles. The van der Waals surface area contributed by atoms with Crippen molar-refractivity contribution in [1.29, 1.82) is 5.26 Å². The number of aromatic hydroxyl groups is 1. The topological polar surface area (TPSA) is 105 Å². The van der Waals surface area contributed by atoms with Gasteiger partial charge in [0.2, 0.25) is 5.88 Å². The van der Waals surface area contributed by atoms with E-state index in [1.807, 2.05) is 5.40 Å². The fraction of sp³-hybridized carbons (Fsp3) is 0. The van der Waals surface area contributed by atoms with Crippen molar-refractivity contribution >= 4 is 35.9 Å². The normalized spacial score (nSPS) is 10.6. The van der Waals surface area contributed by atoms with Gasteiger partial charge in [-0.15, -0.1) is 0 Å². The number of thiocyanates is 1. The maximum absolute atomic E-state index is 11.6. The summed E-state index contributed by atoms with van der Waals surface area (Å²) in [7, 11) is 0. The Morgan fingerprint density at radius 3 is 2.65 bits per heavy atom. The molecule has 0 radical (unpaired) electrons. The van der Waals surface area contributed by atoms with Crippen LogP contribution in [0.5, 0.6) is 5.88 Å². The number of hydrogen-bond donors (Lipinski definition) is 3. The van der Waals surface area contributed by atoms with Crippen LogP contribution in [-0.4, -0.2) is 21.3 Å². The Labute approximate surface area is 122 Å². The average Bonchev–Trinajstić information content (AvgIpc) is 2.39. The van der Waals surface area contributed by atoms with Crippen LogP contribution in [0.1, 0.15) is 5.56 Å². The van der Waals surface area contributed by atoms with E-state index in [0.29, 0.717) is 5.69 Å². The van der Waals surface area contributed by atoms with Crippen LogP contribution in [0, 0.1) is 15.4 Å². The minimum Gasteiger partial charge on any atom is -0.494 e. The molecule has 0 bridgehead atoms. The van der Waals surface area contributed by atoms with Gasteiger partial charge >= 0.3 is 0 Å². The van der Waals surface area contributed by atoms with Gasteiger partial charge in [0.05, 0.1) is 5.69 Å². The van der Waals surface area contributed by atoms with Gasteiger partial charge in [-0.25, -0.2) is 0 Å². The molecule has 0 aliphatic heterocycles. The highest BCUT2D eigenvalue weighted by molar-refractivity contribution is 8.03. The summed E-state index contributed by atoms with van der Waals surface area (Å²) >= 11 is 5.77. The third-order valence-electron chi connectivity index (χ3n) is 2.30. The van der Waals surface area contributed by atoms with Crippen LogP contribution < -0.4 is 5.56 Å². The molecule has 1 aromatic heterocycles. The summed E-state index contributed by atoms with van der Waals surface area (Å²) in [4.78, 5) is 21.2. The third-order valence-corrected chi connectivity index (χ3v) is 3.10. The average molecular weight is 304 g/mol. The van der Waals surface area contributed by atoms with Crippen molar-refractivity contribution in [2.45, 2.75) is 4.90 Å². The molecule has 0 amide bonds. The highest BCUT2D eigenvalue weighted by Crippen LogP contribution is 2.20. The molecule has 1 heterocycles. The zero-order chi connectivity index (χ0) is 14.5. The monoisotopic (exact) mass is 304 g/mol. The number of rotatable bonds is 3. The van der Waals surface area contributed by atoms with Gasteiger partial charge in [0, 0.05) is 11.1 Å². The number of benzene rings is 1. The molecule has 0 fully saturated rings. The molecule has 1 aromatic carbocycles. The second kappa shape index (κ2) is 6.18. The van der Waals surface area contributed by atoms with Crippen molar-refractivity contribution in [3.05, 3.63) is 45.0 Å². The lowest BCUT2D eigenvalue weighted by atomic mass is 10.3. The number of H-pyrrole nitrogens is 2. The summed E-state index contributed by atoms with van der Waals surface area (Å²) in [6.07, 6.45) is 1.24. The van der Waals surface area contributed by atoms with Crippen molar-refractivity contribution in [2.75, 3.05) is 0 Å². The van der Waals surface area contributed by atoms with Crippen LogP contribution in [0.4, 0.5) is 5.69 Å². The number of thioether (sulfide) groups is 1. The molecule has 2 aromatic rings. The largest absolute Gasteiger partial charge is 0.494 e. The van der Waals surface area contributed by atoms with Crippen molar-refractivity contribution < 1.29 is 5.11 Å². The van der Waals surface area contributed by atoms with Gasteiger partial charge < -0.3 is 10.1 Å². The highest BCUT2D eigenvalue weighted by atomic mass is 32.2. The van der Waals surface area contributed by atoms with Crippen LogP contribution in [0.2, 0.25) is 0 Å². The van der Waals surface area contributed by atoms with Crippen LogP contribution in [0.3, 0.4) is 0 Å². The molecule has 20 heavy (non-hydrogen) atoms. The lowest BCUT2D eigenvalue weighted by molar-refractivity contribution is 0.449. The molecular formula is C12H8N4O2S2. The van der Waals surface area contributed by atoms with Gasteiger partial charge in [-0.05, 0) is 48.2 Å². The maximum Gasteiger partial charge on any atom is 0.264 e. The van der Waals surface area contributed by atoms with Crippen molar-refractivity contribution in [2.24, 2.45) is 4.99 Å². The molecule has 6 nitrogen and oxygen atoms in total. The Morgan fingerprint density at radius 2 is 2.05 bits per heavy atom. The molecule has 0 unspecified atom stereocenters. The summed E-state index contributed by atoms with van der Waals surface area (Å²) in [6, 6.07) is 6.88. The molecule has 0 aliphatic rings. The number of aromatic amines is 2. The molecule has 100 valence electrons. The smallest absolute Gasteiger partial charge is 0.264 e. The minimum atomic E-state index is -0.522. The second-order valence-electron chi connectivity index (χ2n) is 3.62. The van der Waals surface area contributed by atoms with Gasteiger partial charge in [-0.3, -0.25) is 14.8 Å². The molecular weight excluding hydrogens is 296 g/mol. The summed E-state index contributed by atoms with van der Waals surface area (Å²) in [5.41, 5.74) is 0.0641. The first-order valence-electron chi connectivity index (χ1n) is 5.36. The number of nitriles is 1. The van der Waals surface area contributed by atoms with Crippen molar-refractivity contribution in [1.82, 2.24) is 9.97 Å². The zero-order valence-electron chi connectivity index (χ0n) is 9.95. The van der Waals surface area contributed by atoms with Gasteiger partial charge in [-0.2, -0.15) is 5.26 Å². The molecule has 3 N–H and O–H groups in total. The summed E-state index contributed by atoms with van der Waals surface area (Å²) < 4.78 is 0.0440. The molecule has 0 aliphatic carbocycles. The fourth-order valence-electron chi connectivity index (χ4n) is 1.40. The van der Waals surface area contributed by atoms with Gasteiger partial charge in [0.15, 0.2) is 4.77 Å². The Balaban J connectivity index is 2.28. The van der Waals surface area contributed by atoms with Crippen molar-refractivity contribution in [3.63, 3.8) is 0 Å². The lowest BCUT2D eigenvalue weighted by Crippen LogP contribution is -2.13. The minimum absolute atomic E-state index is 0.00548. The predicted octanol–water partition coefficient (Wildman–Crippen LogP) is 2.46. The molecule has 8 heteroatoms. The summed E-state index contributed by atoms with van der Waals surface area (Å²) in [5, 5.41) is 20.1. The van der Waals surface area contributed by atoms with E-state index in [4.69, 9.17) is 17.5 Å². The third kappa shape index (κ3) is 3.34. The van der Waals surface area contributed by atoms with E-state index in [9.17, 15) is 9.90 Å². The summed E-state index contributed by atoms with van der Waals surface area (Å²) in [5.74, 6) is -0.334. The van der Waals surface area contributed by atoms with E-state index < -0.39 is 5.56 Å². The van der Waals surface area contributed by atoms with Crippen LogP contribution in [0.15, 0.2) is 38.9 Å². The lowest BCUT2D eigenvalue weighted by Gasteiger charge is -1.98. The van der Waals surface area contributed by atoms with E-state index in [1.54, 1.807) is 24.3 Å². The maximum atomic E-state index is 11.6. The number of nitrogens with one attached hydrogen (secondary N) is 2. The standard InChI is InChI=1S/C12H8N4O2S2/c13-6-20-8-3-1-7(2-4-8)14-5-9-10(17)15-12(19)16-11(9)18/h1-5H,(H3,15,16,17,18,19). The van der Waals surface area contributed by atoms with Crippen molar-refractivity contribution in [3.8, 4) is 11.3 Å². The fourth-order valence-corrected chi connectivity index (χ4v) is 1.96. The van der Waals surface area contributed by atoms with Crippen LogP contribution in [-0.2, 0) is 0 Å². The number of nitrogens with zero attached hydrogens (tertiary/aromatic N) is 2. The summed E-state index contributed by atoms with van der Waals surface area (Å²) in [6.45, 7) is 0. The Kier molecular flexibility index (Phi) is 4.34. The molecule has 0 atom stereocenters. The Bertz CT molecular complexity index is 800. The Morgan fingerprint density at radius 1 is 1.35 bits per heavy atom. The first-order chi connectivity index (χ1) is 9.60. The van der Waals surface area contributed by atoms with E-state index in [-0.39, 0.29) is 16.2 Å². The Hall–Kier alpha value is -2.37. The van der Waals surface area contributed by atoms with E-state index >= 15 is 0 Å². The highest BCUT2D eigenvalue weighted by Gasteiger charge is 2.04. The van der Waals surface area contributed by atoms with Gasteiger partial charge in [0.1, 0.15) is 11.0 Å². The number of aromatic nitrogens is 2. The van der Waals surface area contributed by atoms with E-state index in [2.05, 4.69) is 15.0 Å². The first kappa shape index (κ1) is 14.0.